The highest BCUT2D eigenvalue weighted by atomic mass is 16.6. The number of hydrogen-bond donors (Lipinski definition) is 2. The third-order valence-corrected chi connectivity index (χ3v) is 6.49. The normalized spacial score (nSPS) is 12.0. The molecule has 1 atom stereocenters. The van der Waals surface area contributed by atoms with Gasteiger partial charge in [0.25, 0.3) is 5.91 Å². The van der Waals surface area contributed by atoms with E-state index in [1.807, 2.05) is 64.1 Å². The first-order valence-corrected chi connectivity index (χ1v) is 13.5. The van der Waals surface area contributed by atoms with Crippen molar-refractivity contribution in [2.45, 2.75) is 92.7 Å². The first-order chi connectivity index (χ1) is 17.8. The van der Waals surface area contributed by atoms with Gasteiger partial charge in [-0.05, 0) is 82.7 Å². The molecular formula is C31H45N3O4. The molecule has 0 radical (unpaired) electrons. The number of carbonyl (C=O) groups excluding carboxylic acids is 3. The van der Waals surface area contributed by atoms with Gasteiger partial charge in [-0.2, -0.15) is 0 Å². The van der Waals surface area contributed by atoms with E-state index in [2.05, 4.69) is 17.6 Å². The second-order valence-corrected chi connectivity index (χ2v) is 11.0. The number of unbranched alkanes of at least 4 members (excludes halogenated alkanes) is 3. The minimum atomic E-state index is -0.858. The summed E-state index contributed by atoms with van der Waals surface area (Å²) in [4.78, 5) is 41.4. The predicted octanol–water partition coefficient (Wildman–Crippen LogP) is 6.53. The largest absolute Gasteiger partial charge is 0.444 e. The van der Waals surface area contributed by atoms with Gasteiger partial charge in [0.15, 0.2) is 0 Å². The topological polar surface area (TPSA) is 87.7 Å². The van der Waals surface area contributed by atoms with Gasteiger partial charge in [0.05, 0.1) is 0 Å². The summed E-state index contributed by atoms with van der Waals surface area (Å²) in [6.07, 6.45) is 3.13. The van der Waals surface area contributed by atoms with Crippen molar-refractivity contribution < 1.29 is 19.1 Å². The number of rotatable bonds is 11. The predicted molar refractivity (Wildman–Crippen MR) is 153 cm³/mol. The van der Waals surface area contributed by atoms with Crippen LogP contribution in [0.25, 0.3) is 0 Å². The number of carbonyl (C=O) groups is 3. The summed E-state index contributed by atoms with van der Waals surface area (Å²) < 4.78 is 5.31. The standard InChI is InChI=1S/C31H45N3O4/c1-9-10-11-12-18-34(26(35)20-32-30(37)38-31(6,7)8)28(25-17-16-21(2)24(5)19-25)29(36)33-27-22(3)14-13-15-23(27)4/h13-17,19,28H,9-12,18,20H2,1-8H3,(H,32,37)(H,33,36). The van der Waals surface area contributed by atoms with E-state index in [4.69, 9.17) is 4.74 Å². The van der Waals surface area contributed by atoms with Gasteiger partial charge in [-0.15, -0.1) is 0 Å². The Labute approximate surface area is 228 Å². The van der Waals surface area contributed by atoms with Crippen molar-refractivity contribution in [1.82, 2.24) is 10.2 Å². The van der Waals surface area contributed by atoms with Crippen molar-refractivity contribution in [2.75, 3.05) is 18.4 Å². The highest BCUT2D eigenvalue weighted by Crippen LogP contribution is 2.28. The molecule has 0 saturated heterocycles. The number of nitrogens with one attached hydrogen (secondary N) is 2. The van der Waals surface area contributed by atoms with E-state index in [-0.39, 0.29) is 18.4 Å². The Morgan fingerprint density at radius 2 is 1.55 bits per heavy atom. The smallest absolute Gasteiger partial charge is 0.408 e. The highest BCUT2D eigenvalue weighted by molar-refractivity contribution is 5.99. The first kappa shape index (κ1) is 30.9. The van der Waals surface area contributed by atoms with Crippen LogP contribution in [0.5, 0.6) is 0 Å². The number of benzene rings is 2. The molecule has 2 aromatic rings. The Hall–Kier alpha value is -3.35. The van der Waals surface area contributed by atoms with Crippen molar-refractivity contribution in [2.24, 2.45) is 0 Å². The van der Waals surface area contributed by atoms with Gasteiger partial charge in [0, 0.05) is 12.2 Å². The number of alkyl carbamates (subject to hydrolysis) is 1. The molecule has 208 valence electrons. The average molecular weight is 524 g/mol. The lowest BCUT2D eigenvalue weighted by atomic mass is 9.98. The van der Waals surface area contributed by atoms with Crippen LogP contribution in [0.4, 0.5) is 10.5 Å². The number of anilines is 1. The SMILES string of the molecule is CCCCCCN(C(=O)CNC(=O)OC(C)(C)C)C(C(=O)Nc1c(C)cccc1C)c1ccc(C)c(C)c1. The fourth-order valence-electron chi connectivity index (χ4n) is 4.28. The lowest BCUT2D eigenvalue weighted by Crippen LogP contribution is -2.47. The maximum atomic E-state index is 14.0. The molecule has 0 bridgehead atoms. The molecule has 7 nitrogen and oxygen atoms in total. The maximum Gasteiger partial charge on any atom is 0.408 e. The first-order valence-electron chi connectivity index (χ1n) is 13.5. The van der Waals surface area contributed by atoms with Gasteiger partial charge in [-0.3, -0.25) is 9.59 Å². The third-order valence-electron chi connectivity index (χ3n) is 6.49. The summed E-state index contributed by atoms with van der Waals surface area (Å²) in [6, 6.07) is 10.8. The summed E-state index contributed by atoms with van der Waals surface area (Å²) in [5.41, 5.74) is 4.84. The monoisotopic (exact) mass is 523 g/mol. The third kappa shape index (κ3) is 9.19. The van der Waals surface area contributed by atoms with Crippen LogP contribution in [-0.2, 0) is 14.3 Å². The minimum absolute atomic E-state index is 0.263. The summed E-state index contributed by atoms with van der Waals surface area (Å²) >= 11 is 0. The zero-order valence-corrected chi connectivity index (χ0v) is 24.4. The van der Waals surface area contributed by atoms with E-state index >= 15 is 0 Å². The van der Waals surface area contributed by atoms with Gasteiger partial charge in [-0.25, -0.2) is 4.79 Å². The molecule has 7 heteroatoms. The highest BCUT2D eigenvalue weighted by Gasteiger charge is 2.32. The van der Waals surface area contributed by atoms with E-state index < -0.39 is 17.7 Å². The average Bonchev–Trinajstić information content (AvgIpc) is 2.82. The lowest BCUT2D eigenvalue weighted by Gasteiger charge is -2.32. The fourth-order valence-corrected chi connectivity index (χ4v) is 4.28. The van der Waals surface area contributed by atoms with E-state index in [9.17, 15) is 14.4 Å². The van der Waals surface area contributed by atoms with Gasteiger partial charge < -0.3 is 20.3 Å². The van der Waals surface area contributed by atoms with Gasteiger partial charge in [0.1, 0.15) is 18.2 Å². The number of hydrogen-bond acceptors (Lipinski definition) is 4. The van der Waals surface area contributed by atoms with Crippen LogP contribution in [0.1, 0.15) is 87.2 Å². The number of amides is 3. The van der Waals surface area contributed by atoms with Crippen LogP contribution in [0.2, 0.25) is 0 Å². The molecule has 2 rings (SSSR count). The Bertz CT molecular complexity index is 1100. The molecule has 3 amide bonds. The number of ether oxygens (including phenoxy) is 1. The Kier molecular flexibility index (Phi) is 11.4. The molecule has 0 saturated carbocycles. The van der Waals surface area contributed by atoms with Gasteiger partial charge >= 0.3 is 6.09 Å². The van der Waals surface area contributed by atoms with Gasteiger partial charge in [-0.1, -0.05) is 62.6 Å². The van der Waals surface area contributed by atoms with Crippen LogP contribution in [0.15, 0.2) is 36.4 Å². The van der Waals surface area contributed by atoms with Crippen LogP contribution in [0, 0.1) is 27.7 Å². The second kappa shape index (κ2) is 14.0. The van der Waals surface area contributed by atoms with Crippen LogP contribution >= 0.6 is 0 Å². The molecule has 2 aromatic carbocycles. The zero-order chi connectivity index (χ0) is 28.5. The Balaban J connectivity index is 2.45. The Morgan fingerprint density at radius 1 is 0.895 bits per heavy atom. The minimum Gasteiger partial charge on any atom is -0.444 e. The van der Waals surface area contributed by atoms with Crippen molar-refractivity contribution in [3.8, 4) is 0 Å². The molecular weight excluding hydrogens is 478 g/mol. The molecule has 1 unspecified atom stereocenters. The molecule has 0 aliphatic heterocycles. The molecule has 38 heavy (non-hydrogen) atoms. The van der Waals surface area contributed by atoms with E-state index in [1.165, 1.54) is 0 Å². The zero-order valence-electron chi connectivity index (χ0n) is 24.4. The molecule has 2 N–H and O–H groups in total. The maximum absolute atomic E-state index is 14.0. The van der Waals surface area contributed by atoms with Crippen molar-refractivity contribution >= 4 is 23.6 Å². The van der Waals surface area contributed by atoms with Crippen molar-refractivity contribution in [3.63, 3.8) is 0 Å². The summed E-state index contributed by atoms with van der Waals surface area (Å²) in [7, 11) is 0. The summed E-state index contributed by atoms with van der Waals surface area (Å²) in [6.45, 7) is 15.5. The van der Waals surface area contributed by atoms with Crippen LogP contribution in [0.3, 0.4) is 0 Å². The Morgan fingerprint density at radius 3 is 2.13 bits per heavy atom. The molecule has 0 aliphatic rings. The molecule has 0 aromatic heterocycles. The molecule has 0 heterocycles. The van der Waals surface area contributed by atoms with Crippen molar-refractivity contribution in [1.29, 1.82) is 0 Å². The molecule has 0 spiro atoms. The van der Waals surface area contributed by atoms with Crippen LogP contribution < -0.4 is 10.6 Å². The fraction of sp³-hybridized carbons (Fsp3) is 0.516. The summed E-state index contributed by atoms with van der Waals surface area (Å²) in [5.74, 6) is -0.626. The number of nitrogens with zero attached hydrogens (tertiary/aromatic N) is 1. The van der Waals surface area contributed by atoms with E-state index in [0.717, 1.165) is 59.2 Å². The van der Waals surface area contributed by atoms with Crippen LogP contribution in [-0.4, -0.2) is 41.5 Å². The number of para-hydroxylation sites is 1. The lowest BCUT2D eigenvalue weighted by molar-refractivity contribution is -0.138. The van der Waals surface area contributed by atoms with E-state index in [0.29, 0.717) is 6.54 Å². The van der Waals surface area contributed by atoms with E-state index in [1.54, 1.807) is 25.7 Å². The molecule has 0 fully saturated rings. The number of aryl methyl sites for hydroxylation is 4. The van der Waals surface area contributed by atoms with Gasteiger partial charge in [0.2, 0.25) is 5.91 Å². The quantitative estimate of drug-likeness (QED) is 0.328. The van der Waals surface area contributed by atoms with Crippen molar-refractivity contribution in [3.05, 3.63) is 64.2 Å². The second-order valence-electron chi connectivity index (χ2n) is 11.0. The molecule has 0 aliphatic carbocycles. The summed E-state index contributed by atoms with van der Waals surface area (Å²) in [5, 5.41) is 5.67.